The van der Waals surface area contributed by atoms with Gasteiger partial charge in [0.25, 0.3) is 0 Å². The van der Waals surface area contributed by atoms with Gasteiger partial charge < -0.3 is 15.0 Å². The normalized spacial score (nSPS) is 21.8. The summed E-state index contributed by atoms with van der Waals surface area (Å²) in [7, 11) is 0. The van der Waals surface area contributed by atoms with Crippen molar-refractivity contribution < 1.29 is 38.7 Å². The maximum absolute atomic E-state index is 11.9. The number of amides is 1. The van der Waals surface area contributed by atoms with Gasteiger partial charge in [0.05, 0.1) is 0 Å². The van der Waals surface area contributed by atoms with Gasteiger partial charge in [-0.1, -0.05) is 0 Å². The van der Waals surface area contributed by atoms with Crippen molar-refractivity contribution in [1.29, 1.82) is 0 Å². The SMILES string of the molecule is CC1(C)CCCN(c2ccc(OCC(O)CN3CCN([CH]=[W])CC3)cc2)CCNC(=O)O1. The van der Waals surface area contributed by atoms with E-state index in [2.05, 4.69) is 24.5 Å². The molecule has 0 radical (unpaired) electrons. The minimum Gasteiger partial charge on any atom is -0.444 e. The third-order valence-electron chi connectivity index (χ3n) is 5.90. The molecule has 1 unspecified atom stereocenters. The molecular formula is C23H36N4O4W. The van der Waals surface area contributed by atoms with Gasteiger partial charge in [0.15, 0.2) is 0 Å². The van der Waals surface area contributed by atoms with Gasteiger partial charge in [0, 0.05) is 25.3 Å². The number of cyclic esters (lactones) is 1. The first-order chi connectivity index (χ1) is 15.3. The van der Waals surface area contributed by atoms with E-state index in [1.807, 2.05) is 38.1 Å². The molecule has 0 saturated carbocycles. The van der Waals surface area contributed by atoms with Crippen molar-refractivity contribution in [3.05, 3.63) is 24.3 Å². The molecule has 32 heavy (non-hydrogen) atoms. The Balaban J connectivity index is 1.46. The topological polar surface area (TPSA) is 77.5 Å². The van der Waals surface area contributed by atoms with Gasteiger partial charge >= 0.3 is 125 Å². The maximum atomic E-state index is 11.9. The molecule has 2 aliphatic heterocycles. The number of carbonyl (C=O) groups excluding carboxylic acids is 1. The number of aliphatic hydroxyl groups excluding tert-OH is 1. The average molecular weight is 616 g/mol. The van der Waals surface area contributed by atoms with Crippen LogP contribution in [0.3, 0.4) is 0 Å². The molecule has 0 spiro atoms. The molecule has 178 valence electrons. The molecule has 3 rings (SSSR count). The number of hydrogen-bond donors (Lipinski definition) is 2. The first-order valence-corrected chi connectivity index (χ1v) is 13.1. The molecule has 0 bridgehead atoms. The first kappa shape index (κ1) is 25.2. The van der Waals surface area contributed by atoms with Crippen LogP contribution in [0.25, 0.3) is 0 Å². The molecule has 1 aromatic carbocycles. The summed E-state index contributed by atoms with van der Waals surface area (Å²) in [6, 6.07) is 7.98. The van der Waals surface area contributed by atoms with Crippen LogP contribution in [0.1, 0.15) is 26.7 Å². The Kier molecular flexibility index (Phi) is 9.53. The zero-order valence-electron chi connectivity index (χ0n) is 19.2. The van der Waals surface area contributed by atoms with E-state index in [4.69, 9.17) is 9.47 Å². The standard InChI is InChI=1S/C23H36N4O4.W/c1-23(2)9-4-11-27(12-10-24-22(29)31-23)19-5-7-21(8-6-19)30-18-20(28)17-26-15-13-25(3)14-16-26;/h3,5-8,20,28H,4,9-18H2,1-2H3,(H,24,29);. The Hall–Kier alpha value is -1.47. The molecule has 1 aromatic rings. The van der Waals surface area contributed by atoms with Gasteiger partial charge in [0.2, 0.25) is 0 Å². The second-order valence-corrected chi connectivity index (χ2v) is 9.82. The van der Waals surface area contributed by atoms with Crippen LogP contribution in [0.5, 0.6) is 5.75 Å². The second kappa shape index (κ2) is 12.1. The Bertz CT molecular complexity index is 738. The van der Waals surface area contributed by atoms with Crippen LogP contribution in [0.4, 0.5) is 10.5 Å². The number of piperazine rings is 1. The van der Waals surface area contributed by atoms with E-state index in [9.17, 15) is 9.90 Å². The number of benzene rings is 1. The van der Waals surface area contributed by atoms with Crippen molar-refractivity contribution in [2.45, 2.75) is 38.4 Å². The molecule has 9 heteroatoms. The number of β-amino-alcohol motifs (C(OH)–C–C–N with tert-alkyl or cyclic N) is 1. The Morgan fingerprint density at radius 3 is 2.59 bits per heavy atom. The molecule has 0 aliphatic carbocycles. The molecule has 2 aliphatic rings. The molecular weight excluding hydrogens is 580 g/mol. The van der Waals surface area contributed by atoms with E-state index in [-0.39, 0.29) is 12.7 Å². The monoisotopic (exact) mass is 616 g/mol. The summed E-state index contributed by atoms with van der Waals surface area (Å²) in [5, 5.41) is 13.2. The van der Waals surface area contributed by atoms with E-state index in [1.165, 1.54) is 19.4 Å². The predicted octanol–water partition coefficient (Wildman–Crippen LogP) is 1.46. The summed E-state index contributed by atoms with van der Waals surface area (Å²) in [6.07, 6.45) is 0.888. The fourth-order valence-corrected chi connectivity index (χ4v) is 4.80. The summed E-state index contributed by atoms with van der Waals surface area (Å²) in [5.74, 6) is 0.755. The Morgan fingerprint density at radius 2 is 1.91 bits per heavy atom. The molecule has 8 nitrogen and oxygen atoms in total. The van der Waals surface area contributed by atoms with E-state index >= 15 is 0 Å². The van der Waals surface area contributed by atoms with E-state index in [0.717, 1.165) is 63.5 Å². The van der Waals surface area contributed by atoms with Gasteiger partial charge in [-0.25, -0.2) is 4.79 Å². The molecule has 1 atom stereocenters. The van der Waals surface area contributed by atoms with Crippen molar-refractivity contribution >= 4 is 16.3 Å². The third-order valence-corrected chi connectivity index (χ3v) is 6.97. The molecule has 2 heterocycles. The summed E-state index contributed by atoms with van der Waals surface area (Å²) in [6.45, 7) is 11.0. The van der Waals surface area contributed by atoms with Gasteiger partial charge in [0.1, 0.15) is 5.60 Å². The fraction of sp³-hybridized carbons (Fsp3) is 0.652. The van der Waals surface area contributed by atoms with Crippen LogP contribution in [-0.2, 0) is 24.1 Å². The minimum absolute atomic E-state index is 0.286. The van der Waals surface area contributed by atoms with E-state index < -0.39 is 11.7 Å². The van der Waals surface area contributed by atoms with Crippen molar-refractivity contribution in [2.75, 3.05) is 63.9 Å². The van der Waals surface area contributed by atoms with Crippen molar-refractivity contribution in [3.63, 3.8) is 0 Å². The van der Waals surface area contributed by atoms with Crippen LogP contribution in [0.15, 0.2) is 24.3 Å². The van der Waals surface area contributed by atoms with Crippen LogP contribution in [0.2, 0.25) is 0 Å². The number of nitrogens with zero attached hydrogens (tertiary/aromatic N) is 3. The zero-order chi connectivity index (χ0) is 23.0. The summed E-state index contributed by atoms with van der Waals surface area (Å²) >= 11 is 1.48. The van der Waals surface area contributed by atoms with Crippen molar-refractivity contribution in [1.82, 2.24) is 15.1 Å². The Labute approximate surface area is 202 Å². The quantitative estimate of drug-likeness (QED) is 0.481. The number of rotatable bonds is 7. The number of nitrogens with one attached hydrogen (secondary N) is 1. The van der Waals surface area contributed by atoms with Gasteiger partial charge in [-0.05, 0) is 26.7 Å². The minimum atomic E-state index is -0.506. The van der Waals surface area contributed by atoms with Crippen molar-refractivity contribution in [3.8, 4) is 5.75 Å². The number of ether oxygens (including phenoxy) is 2. The number of carbonyl (C=O) groups is 1. The average Bonchev–Trinajstić information content (AvgIpc) is 2.77. The van der Waals surface area contributed by atoms with Gasteiger partial charge in [-0.2, -0.15) is 0 Å². The number of alkyl carbamates (subject to hydrolysis) is 1. The number of anilines is 1. The zero-order valence-corrected chi connectivity index (χ0v) is 22.1. The summed E-state index contributed by atoms with van der Waals surface area (Å²) < 4.78 is 13.5. The third kappa shape index (κ3) is 8.14. The molecule has 2 saturated heterocycles. The summed E-state index contributed by atoms with van der Waals surface area (Å²) in [4.78, 5) is 18.8. The molecule has 0 aromatic heterocycles. The van der Waals surface area contributed by atoms with Crippen LogP contribution in [0, 0.1) is 0 Å². The predicted molar refractivity (Wildman–Crippen MR) is 122 cm³/mol. The smallest absolute Gasteiger partial charge is 0.444 e. The molecule has 2 fully saturated rings. The van der Waals surface area contributed by atoms with Gasteiger partial charge in [-0.15, -0.1) is 0 Å². The fourth-order valence-electron chi connectivity index (χ4n) is 4.04. The van der Waals surface area contributed by atoms with Gasteiger partial charge in [-0.3, -0.25) is 0 Å². The number of hydrogen-bond acceptors (Lipinski definition) is 7. The van der Waals surface area contributed by atoms with E-state index in [0.29, 0.717) is 13.1 Å². The second-order valence-electron chi connectivity index (χ2n) is 9.07. The van der Waals surface area contributed by atoms with Crippen molar-refractivity contribution in [2.24, 2.45) is 0 Å². The first-order valence-electron chi connectivity index (χ1n) is 11.4. The van der Waals surface area contributed by atoms with Crippen LogP contribution < -0.4 is 15.0 Å². The molecule has 1 amide bonds. The Morgan fingerprint density at radius 1 is 1.19 bits per heavy atom. The van der Waals surface area contributed by atoms with E-state index in [1.54, 1.807) is 0 Å². The van der Waals surface area contributed by atoms with Crippen LogP contribution >= 0.6 is 0 Å². The summed E-state index contributed by atoms with van der Waals surface area (Å²) in [5.41, 5.74) is 0.632. The van der Waals surface area contributed by atoms with Crippen LogP contribution in [-0.4, -0.2) is 96.2 Å². The molecule has 2 N–H and O–H groups in total. The number of aliphatic hydroxyl groups is 1.